The van der Waals surface area contributed by atoms with Gasteiger partial charge < -0.3 is 5.32 Å². The second kappa shape index (κ2) is 8.75. The Kier molecular flexibility index (Phi) is 6.19. The summed E-state index contributed by atoms with van der Waals surface area (Å²) in [5.74, 6) is -0.381. The summed E-state index contributed by atoms with van der Waals surface area (Å²) in [5.41, 5.74) is -0.874. The normalized spacial score (nSPS) is 15.8. The second-order valence-electron chi connectivity index (χ2n) is 7.89. The van der Waals surface area contributed by atoms with Gasteiger partial charge in [-0.1, -0.05) is 59.6 Å². The Morgan fingerprint density at radius 3 is 2.34 bits per heavy atom. The lowest BCUT2D eigenvalue weighted by atomic mass is 9.79. The van der Waals surface area contributed by atoms with Gasteiger partial charge in [-0.2, -0.15) is 13.2 Å². The van der Waals surface area contributed by atoms with E-state index in [4.69, 9.17) is 23.2 Å². The lowest BCUT2D eigenvalue weighted by Gasteiger charge is -2.36. The molecule has 1 aromatic heterocycles. The molecule has 0 spiro atoms. The molecule has 1 atom stereocenters. The van der Waals surface area contributed by atoms with Crippen LogP contribution in [-0.4, -0.2) is 10.9 Å². The van der Waals surface area contributed by atoms with Gasteiger partial charge in [-0.3, -0.25) is 9.78 Å². The molecule has 4 rings (SSSR count). The lowest BCUT2D eigenvalue weighted by Crippen LogP contribution is -2.49. The molecule has 166 valence electrons. The Labute approximate surface area is 193 Å². The molecular weight excluding hydrogens is 460 g/mol. The first kappa shape index (κ1) is 22.6. The molecule has 1 unspecified atom stereocenters. The monoisotopic (exact) mass is 478 g/mol. The van der Waals surface area contributed by atoms with Crippen LogP contribution in [0.1, 0.15) is 35.2 Å². The van der Waals surface area contributed by atoms with Crippen LogP contribution in [0.4, 0.5) is 13.2 Å². The van der Waals surface area contributed by atoms with Crippen molar-refractivity contribution in [2.75, 3.05) is 0 Å². The van der Waals surface area contributed by atoms with Crippen molar-refractivity contribution in [3.63, 3.8) is 0 Å². The van der Waals surface area contributed by atoms with Gasteiger partial charge in [0.25, 0.3) is 0 Å². The quantitative estimate of drug-likeness (QED) is 0.444. The third kappa shape index (κ3) is 4.76. The number of hydrogen-bond acceptors (Lipinski definition) is 2. The predicted molar refractivity (Wildman–Crippen MR) is 117 cm³/mol. The third-order valence-corrected chi connectivity index (χ3v) is 6.08. The number of rotatable bonds is 6. The zero-order valence-electron chi connectivity index (χ0n) is 16.8. The average Bonchev–Trinajstić information content (AvgIpc) is 3.59. The van der Waals surface area contributed by atoms with Gasteiger partial charge in [0.05, 0.1) is 21.3 Å². The van der Waals surface area contributed by atoms with Gasteiger partial charge >= 0.3 is 6.18 Å². The minimum atomic E-state index is -4.65. The van der Waals surface area contributed by atoms with E-state index in [1.165, 1.54) is 18.3 Å². The molecule has 1 aliphatic rings. The first-order valence-electron chi connectivity index (χ1n) is 10.0. The van der Waals surface area contributed by atoms with Crippen molar-refractivity contribution < 1.29 is 18.0 Å². The van der Waals surface area contributed by atoms with Gasteiger partial charge in [0, 0.05) is 18.5 Å². The van der Waals surface area contributed by atoms with Crippen LogP contribution in [0, 0.1) is 5.92 Å². The number of hydrogen-bond donors (Lipinski definition) is 1. The maximum atomic E-state index is 13.7. The lowest BCUT2D eigenvalue weighted by molar-refractivity contribution is -0.137. The highest BCUT2D eigenvalue weighted by molar-refractivity contribution is 6.31. The smallest absolute Gasteiger partial charge is 0.340 e. The summed E-state index contributed by atoms with van der Waals surface area (Å²) < 4.78 is 41.1. The van der Waals surface area contributed by atoms with Crippen molar-refractivity contribution in [2.24, 2.45) is 5.92 Å². The fraction of sp³-hybridized carbons (Fsp3) is 0.250. The maximum Gasteiger partial charge on any atom is 0.417 e. The molecule has 1 fully saturated rings. The van der Waals surface area contributed by atoms with Gasteiger partial charge in [0.1, 0.15) is 5.54 Å². The minimum Gasteiger partial charge on any atom is -0.340 e. The predicted octanol–water partition coefficient (Wildman–Crippen LogP) is 6.42. The van der Waals surface area contributed by atoms with E-state index in [0.717, 1.165) is 24.5 Å². The topological polar surface area (TPSA) is 42.0 Å². The van der Waals surface area contributed by atoms with E-state index in [0.29, 0.717) is 10.7 Å². The molecule has 0 aliphatic heterocycles. The third-order valence-electron chi connectivity index (χ3n) is 5.53. The molecule has 32 heavy (non-hydrogen) atoms. The first-order valence-corrected chi connectivity index (χ1v) is 10.8. The Bertz CT molecular complexity index is 1120. The highest BCUT2D eigenvalue weighted by atomic mass is 35.5. The fourth-order valence-corrected chi connectivity index (χ4v) is 4.05. The molecule has 2 aromatic carbocycles. The number of pyridine rings is 1. The molecule has 0 radical (unpaired) electrons. The average molecular weight is 479 g/mol. The molecule has 1 aliphatic carbocycles. The number of nitrogens with one attached hydrogen (secondary N) is 1. The summed E-state index contributed by atoms with van der Waals surface area (Å²) in [7, 11) is 0. The number of halogens is 5. The minimum absolute atomic E-state index is 0.160. The van der Waals surface area contributed by atoms with Crippen LogP contribution in [0.3, 0.4) is 0 Å². The van der Waals surface area contributed by atoms with Gasteiger partial charge in [0.2, 0.25) is 5.91 Å². The van der Waals surface area contributed by atoms with Gasteiger partial charge in [-0.05, 0) is 48.2 Å². The van der Waals surface area contributed by atoms with Gasteiger partial charge in [0.15, 0.2) is 0 Å². The van der Waals surface area contributed by atoms with Crippen molar-refractivity contribution in [2.45, 2.75) is 31.0 Å². The number of carbonyl (C=O) groups is 1. The van der Waals surface area contributed by atoms with Crippen molar-refractivity contribution in [1.82, 2.24) is 10.3 Å². The Morgan fingerprint density at radius 2 is 1.75 bits per heavy atom. The van der Waals surface area contributed by atoms with Crippen LogP contribution in [0.5, 0.6) is 0 Å². The molecule has 0 saturated heterocycles. The summed E-state index contributed by atoms with van der Waals surface area (Å²) in [5, 5.41) is 3.00. The number of amides is 1. The summed E-state index contributed by atoms with van der Waals surface area (Å²) in [4.78, 5) is 17.4. The van der Waals surface area contributed by atoms with Crippen LogP contribution in [0.15, 0.2) is 66.9 Å². The summed E-state index contributed by atoms with van der Waals surface area (Å²) >= 11 is 11.9. The molecule has 3 aromatic rings. The van der Waals surface area contributed by atoms with Crippen molar-refractivity contribution in [3.8, 4) is 0 Å². The molecule has 1 heterocycles. The number of benzene rings is 2. The van der Waals surface area contributed by atoms with E-state index < -0.39 is 22.3 Å². The van der Waals surface area contributed by atoms with Crippen LogP contribution in [0.25, 0.3) is 0 Å². The fourth-order valence-electron chi connectivity index (χ4n) is 3.72. The highest BCUT2D eigenvalue weighted by Gasteiger charge is 2.43. The Morgan fingerprint density at radius 1 is 1.03 bits per heavy atom. The number of nitrogens with zero attached hydrogens (tertiary/aromatic N) is 1. The van der Waals surface area contributed by atoms with Crippen molar-refractivity contribution in [3.05, 3.63) is 99.3 Å². The van der Waals surface area contributed by atoms with Crippen LogP contribution < -0.4 is 5.32 Å². The largest absolute Gasteiger partial charge is 0.417 e. The molecule has 1 N–H and O–H groups in total. The molecule has 0 bridgehead atoms. The van der Waals surface area contributed by atoms with E-state index in [-0.39, 0.29) is 23.8 Å². The number of aromatic nitrogens is 1. The van der Waals surface area contributed by atoms with Gasteiger partial charge in [-0.25, -0.2) is 0 Å². The molecule has 1 amide bonds. The summed E-state index contributed by atoms with van der Waals surface area (Å²) in [6.45, 7) is 0. The zero-order valence-corrected chi connectivity index (χ0v) is 18.3. The van der Waals surface area contributed by atoms with E-state index in [1.807, 2.05) is 30.3 Å². The highest BCUT2D eigenvalue weighted by Crippen LogP contribution is 2.41. The van der Waals surface area contributed by atoms with Gasteiger partial charge in [-0.15, -0.1) is 0 Å². The number of carbonyl (C=O) groups excluding carboxylic acids is 1. The first-order chi connectivity index (χ1) is 15.2. The molecule has 3 nitrogen and oxygen atoms in total. The number of alkyl halides is 3. The van der Waals surface area contributed by atoms with Crippen LogP contribution in [-0.2, 0) is 22.9 Å². The Balaban J connectivity index is 1.94. The summed E-state index contributed by atoms with van der Waals surface area (Å²) in [6, 6.07) is 16.2. The van der Waals surface area contributed by atoms with Crippen LogP contribution in [0.2, 0.25) is 10.0 Å². The SMILES string of the molecule is O=C(NC(Cc1ccccc1)(c1ccc(Cl)c(C(F)(F)F)c1)c1ccc(Cl)cn1)C1CC1. The van der Waals surface area contributed by atoms with E-state index in [9.17, 15) is 18.0 Å². The van der Waals surface area contributed by atoms with Crippen LogP contribution >= 0.6 is 23.2 Å². The Hall–Kier alpha value is -2.57. The standard InChI is InChI=1S/C24H19Cl2F3N2O/c25-18-9-11-21(30-14-18)23(31-22(32)16-6-7-16,13-15-4-2-1-3-5-15)17-8-10-20(26)19(12-17)24(27,28)29/h1-5,8-12,14,16H,6-7,13H2,(H,31,32). The van der Waals surface area contributed by atoms with E-state index in [1.54, 1.807) is 12.1 Å². The van der Waals surface area contributed by atoms with Crippen molar-refractivity contribution in [1.29, 1.82) is 0 Å². The second-order valence-corrected chi connectivity index (χ2v) is 8.73. The van der Waals surface area contributed by atoms with E-state index in [2.05, 4.69) is 10.3 Å². The molecule has 1 saturated carbocycles. The maximum absolute atomic E-state index is 13.7. The molecular formula is C24H19Cl2F3N2O. The zero-order chi connectivity index (χ0) is 22.9. The molecule has 8 heteroatoms. The van der Waals surface area contributed by atoms with Crippen molar-refractivity contribution >= 4 is 29.1 Å². The van der Waals surface area contributed by atoms with E-state index >= 15 is 0 Å². The summed E-state index contributed by atoms with van der Waals surface area (Å²) in [6.07, 6.45) is -1.55.